The quantitative estimate of drug-likeness (QED) is 0.886. The maximum Gasteiger partial charge on any atom is 0.0468 e. The summed E-state index contributed by atoms with van der Waals surface area (Å²) in [5.74, 6) is 0.599. The van der Waals surface area contributed by atoms with Gasteiger partial charge in [-0.25, -0.2) is 0 Å². The lowest BCUT2D eigenvalue weighted by Crippen LogP contribution is -2.44. The van der Waals surface area contributed by atoms with Crippen LogP contribution in [0.1, 0.15) is 44.2 Å². The van der Waals surface area contributed by atoms with Crippen LogP contribution in [0.15, 0.2) is 18.2 Å². The van der Waals surface area contributed by atoms with Crippen molar-refractivity contribution in [3.05, 3.63) is 33.8 Å². The predicted molar refractivity (Wildman–Crippen MR) is 87.4 cm³/mol. The van der Waals surface area contributed by atoms with Crippen LogP contribution in [-0.4, -0.2) is 24.5 Å². The molecule has 1 aliphatic carbocycles. The van der Waals surface area contributed by atoms with Crippen LogP contribution in [0.5, 0.6) is 0 Å². The molecule has 0 aliphatic heterocycles. The van der Waals surface area contributed by atoms with Crippen LogP contribution in [0.4, 0.5) is 0 Å². The lowest BCUT2D eigenvalue weighted by Gasteiger charge is -2.41. The van der Waals surface area contributed by atoms with Gasteiger partial charge in [0.25, 0.3) is 0 Å². The first-order valence-electron chi connectivity index (χ1n) is 7.41. The van der Waals surface area contributed by atoms with Crippen LogP contribution in [-0.2, 0) is 0 Å². The normalized spacial score (nSPS) is 24.9. The van der Waals surface area contributed by atoms with Crippen LogP contribution in [0.3, 0.4) is 0 Å². The van der Waals surface area contributed by atoms with E-state index in [-0.39, 0.29) is 6.04 Å². The Morgan fingerprint density at radius 3 is 2.65 bits per heavy atom. The molecule has 0 amide bonds. The van der Waals surface area contributed by atoms with Gasteiger partial charge >= 0.3 is 0 Å². The molecule has 0 heterocycles. The Balaban J connectivity index is 2.16. The smallest absolute Gasteiger partial charge is 0.0468 e. The van der Waals surface area contributed by atoms with E-state index in [9.17, 15) is 0 Å². The van der Waals surface area contributed by atoms with Crippen LogP contribution in [0.2, 0.25) is 10.0 Å². The van der Waals surface area contributed by atoms with Crippen molar-refractivity contribution < 1.29 is 0 Å². The van der Waals surface area contributed by atoms with E-state index in [2.05, 4.69) is 18.9 Å². The fourth-order valence-electron chi connectivity index (χ4n) is 3.35. The lowest BCUT2D eigenvalue weighted by molar-refractivity contribution is 0.0989. The summed E-state index contributed by atoms with van der Waals surface area (Å²) >= 11 is 12.3. The highest BCUT2D eigenvalue weighted by molar-refractivity contribution is 6.35. The number of nitrogens with two attached hydrogens (primary N) is 1. The van der Waals surface area contributed by atoms with Gasteiger partial charge < -0.3 is 5.73 Å². The van der Waals surface area contributed by atoms with E-state index in [1.807, 2.05) is 18.2 Å². The van der Waals surface area contributed by atoms with Crippen LogP contribution < -0.4 is 5.73 Å². The summed E-state index contributed by atoms with van der Waals surface area (Å²) in [7, 11) is 2.19. The molecule has 2 N–H and O–H groups in total. The fourth-order valence-corrected chi connectivity index (χ4v) is 3.91. The van der Waals surface area contributed by atoms with Crippen molar-refractivity contribution in [1.82, 2.24) is 4.90 Å². The molecule has 1 fully saturated rings. The Bertz CT molecular complexity index is 450. The summed E-state index contributed by atoms with van der Waals surface area (Å²) in [4.78, 5) is 2.44. The Morgan fingerprint density at radius 1 is 1.30 bits per heavy atom. The average Bonchev–Trinajstić information content (AvgIpc) is 2.45. The summed E-state index contributed by atoms with van der Waals surface area (Å²) in [5, 5.41) is 1.43. The zero-order chi connectivity index (χ0) is 14.7. The standard InChI is InChI=1S/C16H24Cl2N2/c1-11(14-8-7-13(17)9-15(14)18)20(2)16-6-4-3-5-12(16)10-19/h7-9,11-12,16H,3-6,10,19H2,1-2H3. The van der Waals surface area contributed by atoms with Crippen molar-refractivity contribution >= 4 is 23.2 Å². The first-order valence-corrected chi connectivity index (χ1v) is 8.17. The molecule has 4 heteroatoms. The fraction of sp³-hybridized carbons (Fsp3) is 0.625. The molecular weight excluding hydrogens is 291 g/mol. The van der Waals surface area contributed by atoms with E-state index in [0.717, 1.165) is 17.1 Å². The topological polar surface area (TPSA) is 29.3 Å². The highest BCUT2D eigenvalue weighted by atomic mass is 35.5. The Hall–Kier alpha value is -0.280. The molecule has 0 spiro atoms. The molecule has 112 valence electrons. The van der Waals surface area contributed by atoms with Crippen molar-refractivity contribution in [2.75, 3.05) is 13.6 Å². The summed E-state index contributed by atoms with van der Waals surface area (Å²) in [5.41, 5.74) is 7.09. The second kappa shape index (κ2) is 7.13. The van der Waals surface area contributed by atoms with Crippen molar-refractivity contribution in [1.29, 1.82) is 0 Å². The van der Waals surface area contributed by atoms with E-state index < -0.39 is 0 Å². The summed E-state index contributed by atoms with van der Waals surface area (Å²) < 4.78 is 0. The molecular formula is C16H24Cl2N2. The highest BCUT2D eigenvalue weighted by Crippen LogP contribution is 2.35. The molecule has 0 bridgehead atoms. The van der Waals surface area contributed by atoms with E-state index in [1.165, 1.54) is 25.7 Å². The van der Waals surface area contributed by atoms with Crippen LogP contribution in [0.25, 0.3) is 0 Å². The van der Waals surface area contributed by atoms with Gasteiger partial charge in [-0.05, 0) is 57.0 Å². The van der Waals surface area contributed by atoms with Gasteiger partial charge in [0.05, 0.1) is 0 Å². The number of benzene rings is 1. The number of hydrogen-bond acceptors (Lipinski definition) is 2. The maximum atomic E-state index is 6.34. The summed E-state index contributed by atoms with van der Waals surface area (Å²) in [6.45, 7) is 2.98. The molecule has 0 saturated heterocycles. The Labute approximate surface area is 132 Å². The minimum atomic E-state index is 0.275. The molecule has 1 aromatic rings. The minimum absolute atomic E-state index is 0.275. The third-order valence-corrected chi connectivity index (χ3v) is 5.28. The minimum Gasteiger partial charge on any atom is -0.330 e. The van der Waals surface area contributed by atoms with E-state index >= 15 is 0 Å². The molecule has 2 rings (SSSR count). The predicted octanol–water partition coefficient (Wildman–Crippen LogP) is 4.50. The SMILES string of the molecule is CC(c1ccc(Cl)cc1Cl)N(C)C1CCCCC1CN. The molecule has 3 atom stereocenters. The zero-order valence-electron chi connectivity index (χ0n) is 12.3. The molecule has 3 unspecified atom stereocenters. The molecule has 1 aromatic carbocycles. The van der Waals surface area contributed by atoms with E-state index in [0.29, 0.717) is 17.0 Å². The average molecular weight is 315 g/mol. The van der Waals surface area contributed by atoms with Gasteiger partial charge in [-0.2, -0.15) is 0 Å². The molecule has 0 radical (unpaired) electrons. The van der Waals surface area contributed by atoms with Crippen molar-refractivity contribution in [3.8, 4) is 0 Å². The highest BCUT2D eigenvalue weighted by Gasteiger charge is 2.30. The van der Waals surface area contributed by atoms with Gasteiger partial charge in [-0.1, -0.05) is 42.1 Å². The number of halogens is 2. The van der Waals surface area contributed by atoms with Gasteiger partial charge in [0, 0.05) is 22.1 Å². The Morgan fingerprint density at radius 2 is 2.00 bits per heavy atom. The second-order valence-corrected chi connectivity index (χ2v) is 6.70. The zero-order valence-corrected chi connectivity index (χ0v) is 13.8. The number of nitrogens with zero attached hydrogens (tertiary/aromatic N) is 1. The summed E-state index contributed by atoms with van der Waals surface area (Å²) in [6, 6.07) is 6.59. The van der Waals surface area contributed by atoms with Crippen molar-refractivity contribution in [3.63, 3.8) is 0 Å². The van der Waals surface area contributed by atoms with E-state index in [4.69, 9.17) is 28.9 Å². The monoisotopic (exact) mass is 314 g/mol. The van der Waals surface area contributed by atoms with Crippen molar-refractivity contribution in [2.24, 2.45) is 11.7 Å². The van der Waals surface area contributed by atoms with Crippen LogP contribution >= 0.6 is 23.2 Å². The molecule has 2 nitrogen and oxygen atoms in total. The molecule has 1 saturated carbocycles. The van der Waals surface area contributed by atoms with Gasteiger partial charge in [0.1, 0.15) is 0 Å². The van der Waals surface area contributed by atoms with Gasteiger partial charge in [-0.15, -0.1) is 0 Å². The molecule has 0 aromatic heterocycles. The molecule has 20 heavy (non-hydrogen) atoms. The lowest BCUT2D eigenvalue weighted by atomic mass is 9.83. The number of rotatable bonds is 4. The van der Waals surface area contributed by atoms with E-state index in [1.54, 1.807) is 0 Å². The third-order valence-electron chi connectivity index (χ3n) is 4.72. The van der Waals surface area contributed by atoms with Crippen molar-refractivity contribution in [2.45, 2.75) is 44.7 Å². The Kier molecular flexibility index (Phi) is 5.74. The maximum absolute atomic E-state index is 6.34. The largest absolute Gasteiger partial charge is 0.330 e. The van der Waals surface area contributed by atoms with Gasteiger partial charge in [0.2, 0.25) is 0 Å². The van der Waals surface area contributed by atoms with Crippen LogP contribution in [0, 0.1) is 5.92 Å². The molecule has 1 aliphatic rings. The van der Waals surface area contributed by atoms with Gasteiger partial charge in [-0.3, -0.25) is 4.90 Å². The third kappa shape index (κ3) is 3.48. The number of hydrogen-bond donors (Lipinski definition) is 1. The second-order valence-electron chi connectivity index (χ2n) is 5.85. The van der Waals surface area contributed by atoms with Gasteiger partial charge in [0.15, 0.2) is 0 Å². The summed E-state index contributed by atoms with van der Waals surface area (Å²) in [6.07, 6.45) is 5.08. The first kappa shape index (κ1) is 16.1. The first-order chi connectivity index (χ1) is 9.54.